The lowest BCUT2D eigenvalue weighted by Crippen LogP contribution is -2.43. The number of nitrogens with one attached hydrogen (secondary N) is 1. The van der Waals surface area contributed by atoms with Crippen molar-refractivity contribution in [1.29, 1.82) is 0 Å². The lowest BCUT2D eigenvalue weighted by atomic mass is 9.99. The summed E-state index contributed by atoms with van der Waals surface area (Å²) in [4.78, 5) is 11.1. The minimum absolute atomic E-state index is 0.102. The summed E-state index contributed by atoms with van der Waals surface area (Å²) in [7, 11) is 0. The fourth-order valence-corrected chi connectivity index (χ4v) is 2.43. The molecule has 0 unspecified atom stereocenters. The topological polar surface area (TPSA) is 38.3 Å². The SMILES string of the molecule is O=C1Nc2cc(-c3c(F)c(F)c(C(F)(F)F)c(F)c3F)c(F)cc2OC1(F)F. The van der Waals surface area contributed by atoms with E-state index in [0.29, 0.717) is 0 Å². The molecule has 3 rings (SSSR count). The number of fused-ring (bicyclic) bond motifs is 1. The Bertz CT molecular complexity index is 986. The molecule has 0 saturated carbocycles. The quantitative estimate of drug-likeness (QED) is 0.523. The summed E-state index contributed by atoms with van der Waals surface area (Å²) in [5, 5.41) is 1.50. The number of anilines is 1. The zero-order valence-electron chi connectivity index (χ0n) is 12.8. The van der Waals surface area contributed by atoms with Crippen LogP contribution in [-0.2, 0) is 11.0 Å². The van der Waals surface area contributed by atoms with Gasteiger partial charge in [-0.05, 0) is 6.07 Å². The predicted molar refractivity (Wildman–Crippen MR) is 70.9 cm³/mol. The van der Waals surface area contributed by atoms with Crippen LogP contribution >= 0.6 is 0 Å². The Hall–Kier alpha value is -2.99. The first kappa shape index (κ1) is 19.8. The van der Waals surface area contributed by atoms with E-state index in [-0.39, 0.29) is 12.1 Å². The number of amides is 1. The van der Waals surface area contributed by atoms with E-state index in [1.54, 1.807) is 0 Å². The van der Waals surface area contributed by atoms with Crippen molar-refractivity contribution in [3.63, 3.8) is 0 Å². The summed E-state index contributed by atoms with van der Waals surface area (Å²) >= 11 is 0. The van der Waals surface area contributed by atoms with Crippen LogP contribution in [0.25, 0.3) is 11.1 Å². The van der Waals surface area contributed by atoms with Gasteiger partial charge < -0.3 is 10.1 Å². The largest absolute Gasteiger partial charge is 0.482 e. The van der Waals surface area contributed by atoms with Crippen LogP contribution in [0, 0.1) is 29.1 Å². The third-order valence-corrected chi connectivity index (χ3v) is 3.64. The fraction of sp³-hybridized carbons (Fsp3) is 0.133. The number of alkyl halides is 5. The van der Waals surface area contributed by atoms with Gasteiger partial charge in [0, 0.05) is 11.6 Å². The summed E-state index contributed by atoms with van der Waals surface area (Å²) in [5.74, 6) is -15.7. The summed E-state index contributed by atoms with van der Waals surface area (Å²) < 4.78 is 138. The Morgan fingerprint density at radius 2 is 1.43 bits per heavy atom. The van der Waals surface area contributed by atoms with E-state index >= 15 is 0 Å². The highest BCUT2D eigenvalue weighted by Gasteiger charge is 2.47. The van der Waals surface area contributed by atoms with Gasteiger partial charge in [0.1, 0.15) is 11.4 Å². The van der Waals surface area contributed by atoms with Crippen LogP contribution in [0.4, 0.5) is 49.6 Å². The number of carbonyl (C=O) groups excluding carboxylic acids is 1. The molecule has 0 aliphatic carbocycles. The van der Waals surface area contributed by atoms with E-state index in [4.69, 9.17) is 0 Å². The highest BCUT2D eigenvalue weighted by Crippen LogP contribution is 2.43. The standard InChI is InChI=1S/C15H3F10NO2/c16-4-2-6-5(26-13(27)15(24,25)28-6)1-3(4)7-9(17)11(19)8(14(21,22)23)12(20)10(7)18/h1-2H,(H,26,27). The molecule has 28 heavy (non-hydrogen) atoms. The van der Waals surface area contributed by atoms with E-state index in [1.165, 1.54) is 5.32 Å². The van der Waals surface area contributed by atoms with Gasteiger partial charge in [0.15, 0.2) is 29.0 Å². The van der Waals surface area contributed by atoms with E-state index in [2.05, 4.69) is 4.74 Å². The smallest absolute Gasteiger partial charge is 0.423 e. The summed E-state index contributed by atoms with van der Waals surface area (Å²) in [6.45, 7) is 0. The van der Waals surface area contributed by atoms with Crippen molar-refractivity contribution in [3.05, 3.63) is 46.8 Å². The minimum Gasteiger partial charge on any atom is -0.423 e. The molecule has 0 aromatic heterocycles. The Morgan fingerprint density at radius 1 is 0.893 bits per heavy atom. The summed E-state index contributed by atoms with van der Waals surface area (Å²) in [6, 6.07) is 0.371. The second-order valence-electron chi connectivity index (χ2n) is 5.40. The fourth-order valence-electron chi connectivity index (χ4n) is 2.43. The Kier molecular flexibility index (Phi) is 4.24. The molecule has 1 amide bonds. The van der Waals surface area contributed by atoms with Gasteiger partial charge in [0.25, 0.3) is 0 Å². The molecule has 13 heteroatoms. The first-order valence-corrected chi connectivity index (χ1v) is 6.91. The maximum Gasteiger partial charge on any atom is 0.482 e. The van der Waals surface area contributed by atoms with E-state index < -0.39 is 75.4 Å². The average Bonchev–Trinajstić information content (AvgIpc) is 2.54. The van der Waals surface area contributed by atoms with Gasteiger partial charge in [0.2, 0.25) is 0 Å². The monoisotopic (exact) mass is 419 g/mol. The molecular formula is C15H3F10NO2. The zero-order chi connectivity index (χ0) is 21.2. The highest BCUT2D eigenvalue weighted by molar-refractivity contribution is 5.99. The Morgan fingerprint density at radius 3 is 1.93 bits per heavy atom. The molecule has 150 valence electrons. The first-order valence-electron chi connectivity index (χ1n) is 6.91. The van der Waals surface area contributed by atoms with Gasteiger partial charge in [-0.15, -0.1) is 0 Å². The van der Waals surface area contributed by atoms with Crippen molar-refractivity contribution >= 4 is 11.6 Å². The van der Waals surface area contributed by atoms with Crippen molar-refractivity contribution < 1.29 is 53.4 Å². The molecule has 0 saturated heterocycles. The van der Waals surface area contributed by atoms with Crippen LogP contribution in [-0.4, -0.2) is 12.0 Å². The summed E-state index contributed by atoms with van der Waals surface area (Å²) in [6.07, 6.45) is -10.2. The lowest BCUT2D eigenvalue weighted by Gasteiger charge is -2.25. The zero-order valence-corrected chi connectivity index (χ0v) is 12.8. The number of benzene rings is 2. The van der Waals surface area contributed by atoms with E-state index in [9.17, 15) is 48.7 Å². The molecule has 2 aromatic rings. The number of ether oxygens (including phenoxy) is 1. The van der Waals surface area contributed by atoms with Gasteiger partial charge >= 0.3 is 18.2 Å². The van der Waals surface area contributed by atoms with Crippen molar-refractivity contribution in [2.75, 3.05) is 5.32 Å². The highest BCUT2D eigenvalue weighted by atomic mass is 19.4. The Balaban J connectivity index is 2.27. The van der Waals surface area contributed by atoms with Crippen LogP contribution in [0.1, 0.15) is 5.56 Å². The van der Waals surface area contributed by atoms with Crippen molar-refractivity contribution in [1.82, 2.24) is 0 Å². The maximum absolute atomic E-state index is 14.1. The van der Waals surface area contributed by atoms with Crippen LogP contribution in [0.5, 0.6) is 5.75 Å². The molecule has 3 nitrogen and oxygen atoms in total. The van der Waals surface area contributed by atoms with Crippen LogP contribution in [0.2, 0.25) is 0 Å². The number of rotatable bonds is 1. The van der Waals surface area contributed by atoms with E-state index in [0.717, 1.165) is 0 Å². The molecule has 1 aliphatic heterocycles. The Labute approximate surface area is 147 Å². The lowest BCUT2D eigenvalue weighted by molar-refractivity contribution is -0.189. The molecule has 0 bridgehead atoms. The number of halogens is 10. The molecule has 0 fully saturated rings. The van der Waals surface area contributed by atoms with Gasteiger partial charge in [-0.25, -0.2) is 22.0 Å². The third-order valence-electron chi connectivity index (χ3n) is 3.64. The van der Waals surface area contributed by atoms with Crippen molar-refractivity contribution in [2.45, 2.75) is 12.3 Å². The van der Waals surface area contributed by atoms with Gasteiger partial charge in [-0.1, -0.05) is 0 Å². The number of hydrogen-bond acceptors (Lipinski definition) is 2. The van der Waals surface area contributed by atoms with Crippen molar-refractivity contribution in [3.8, 4) is 16.9 Å². The predicted octanol–water partition coefficient (Wildman–Crippen LogP) is 4.99. The molecule has 1 aliphatic rings. The normalized spacial score (nSPS) is 15.7. The second kappa shape index (κ2) is 6.01. The maximum atomic E-state index is 14.1. The average molecular weight is 419 g/mol. The van der Waals surface area contributed by atoms with Crippen LogP contribution in [0.15, 0.2) is 12.1 Å². The second-order valence-corrected chi connectivity index (χ2v) is 5.40. The van der Waals surface area contributed by atoms with Crippen molar-refractivity contribution in [2.24, 2.45) is 0 Å². The molecule has 0 radical (unpaired) electrons. The first-order chi connectivity index (χ1) is 12.8. The molecule has 1 heterocycles. The minimum atomic E-state index is -5.81. The van der Waals surface area contributed by atoms with E-state index in [1.807, 2.05) is 0 Å². The summed E-state index contributed by atoms with van der Waals surface area (Å²) in [5.41, 5.74) is -6.88. The van der Waals surface area contributed by atoms with Crippen LogP contribution < -0.4 is 10.1 Å². The van der Waals surface area contributed by atoms with Crippen LogP contribution in [0.3, 0.4) is 0 Å². The third kappa shape index (κ3) is 2.90. The van der Waals surface area contributed by atoms with Gasteiger partial charge in [-0.2, -0.15) is 22.0 Å². The number of carbonyl (C=O) groups is 1. The molecule has 0 spiro atoms. The van der Waals surface area contributed by atoms with Gasteiger partial charge in [-0.3, -0.25) is 4.79 Å². The van der Waals surface area contributed by atoms with Gasteiger partial charge in [0.05, 0.1) is 11.3 Å². The molecule has 0 atom stereocenters. The molecule has 1 N–H and O–H groups in total. The molecule has 2 aromatic carbocycles. The molecular weight excluding hydrogens is 416 g/mol. The number of hydrogen-bond donors (Lipinski definition) is 1.